The lowest BCUT2D eigenvalue weighted by atomic mass is 9.96. The molecule has 0 aliphatic carbocycles. The maximum Gasteiger partial charge on any atom is 0.264 e. The molecule has 8 nitrogen and oxygen atoms in total. The number of hydrogen-bond donors (Lipinski definition) is 1. The minimum absolute atomic E-state index is 0.0848. The Morgan fingerprint density at radius 2 is 1.68 bits per heavy atom. The quantitative estimate of drug-likeness (QED) is 0.668. The number of piperidine rings is 1. The molecule has 0 atom stereocenters. The van der Waals surface area contributed by atoms with Crippen molar-refractivity contribution in [2.24, 2.45) is 11.7 Å². The van der Waals surface area contributed by atoms with E-state index in [0.29, 0.717) is 44.0 Å². The summed E-state index contributed by atoms with van der Waals surface area (Å²) in [5, 5.41) is 0. The van der Waals surface area contributed by atoms with Gasteiger partial charge < -0.3 is 15.4 Å². The van der Waals surface area contributed by atoms with E-state index < -0.39 is 10.0 Å². The summed E-state index contributed by atoms with van der Waals surface area (Å²) in [6, 6.07) is 14.7. The molecular formula is C22H27N3O5S. The van der Waals surface area contributed by atoms with Crippen LogP contribution in [0.25, 0.3) is 0 Å². The Morgan fingerprint density at radius 1 is 1.06 bits per heavy atom. The maximum atomic E-state index is 13.5. The van der Waals surface area contributed by atoms with Crippen molar-refractivity contribution in [3.8, 4) is 5.75 Å². The minimum atomic E-state index is -4.02. The fourth-order valence-corrected chi connectivity index (χ4v) is 5.04. The fraction of sp³-hybridized carbons (Fsp3) is 0.364. The molecular weight excluding hydrogens is 418 g/mol. The summed E-state index contributed by atoms with van der Waals surface area (Å²) in [6.45, 7) is 2.51. The van der Waals surface area contributed by atoms with Crippen molar-refractivity contribution in [2.75, 3.05) is 30.5 Å². The number of hydrogen-bond acceptors (Lipinski definition) is 5. The van der Waals surface area contributed by atoms with Crippen LogP contribution in [-0.2, 0) is 19.6 Å². The van der Waals surface area contributed by atoms with E-state index in [4.69, 9.17) is 10.5 Å². The van der Waals surface area contributed by atoms with Gasteiger partial charge in [-0.2, -0.15) is 0 Å². The molecule has 0 radical (unpaired) electrons. The number of anilines is 1. The molecule has 0 unspecified atom stereocenters. The molecule has 2 N–H and O–H groups in total. The first-order valence-corrected chi connectivity index (χ1v) is 11.6. The smallest absolute Gasteiger partial charge is 0.264 e. The Hall–Kier alpha value is -3.07. The molecule has 2 aromatic rings. The van der Waals surface area contributed by atoms with Crippen LogP contribution in [-0.4, -0.2) is 51.4 Å². The van der Waals surface area contributed by atoms with E-state index in [0.717, 1.165) is 4.31 Å². The molecule has 0 spiro atoms. The van der Waals surface area contributed by atoms with Crippen molar-refractivity contribution in [3.05, 3.63) is 54.6 Å². The molecule has 0 saturated carbocycles. The lowest BCUT2D eigenvalue weighted by Crippen LogP contribution is -2.47. The molecule has 3 rings (SSSR count). The molecule has 1 fully saturated rings. The van der Waals surface area contributed by atoms with Gasteiger partial charge in [-0.25, -0.2) is 8.42 Å². The second-order valence-electron chi connectivity index (χ2n) is 7.28. The van der Waals surface area contributed by atoms with E-state index >= 15 is 0 Å². The van der Waals surface area contributed by atoms with E-state index in [2.05, 4.69) is 0 Å². The van der Waals surface area contributed by atoms with Crippen LogP contribution in [0, 0.1) is 5.92 Å². The number of carbonyl (C=O) groups is 2. The third-order valence-corrected chi connectivity index (χ3v) is 7.07. The number of carbonyl (C=O) groups excluding carboxylic acids is 2. The highest BCUT2D eigenvalue weighted by atomic mass is 32.2. The lowest BCUT2D eigenvalue weighted by molar-refractivity contribution is -0.133. The average molecular weight is 446 g/mol. The van der Waals surface area contributed by atoms with Crippen LogP contribution in [0.4, 0.5) is 5.69 Å². The molecule has 0 aromatic heterocycles. The van der Waals surface area contributed by atoms with Crippen LogP contribution in [0.1, 0.15) is 19.8 Å². The number of primary amides is 1. The Labute approximate surface area is 182 Å². The number of nitrogens with zero attached hydrogens (tertiary/aromatic N) is 2. The van der Waals surface area contributed by atoms with Gasteiger partial charge in [0.05, 0.1) is 17.2 Å². The number of amides is 2. The van der Waals surface area contributed by atoms with Gasteiger partial charge in [0, 0.05) is 19.0 Å². The Bertz CT molecular complexity index is 1020. The van der Waals surface area contributed by atoms with Crippen LogP contribution in [0.5, 0.6) is 5.75 Å². The molecule has 1 heterocycles. The van der Waals surface area contributed by atoms with Gasteiger partial charge in [-0.05, 0) is 44.0 Å². The monoisotopic (exact) mass is 445 g/mol. The number of nitrogens with two attached hydrogens (primary N) is 1. The van der Waals surface area contributed by atoms with Crippen LogP contribution < -0.4 is 14.8 Å². The van der Waals surface area contributed by atoms with Gasteiger partial charge in [-0.1, -0.05) is 30.3 Å². The summed E-state index contributed by atoms with van der Waals surface area (Å²) in [5.74, 6) is -0.587. The highest BCUT2D eigenvalue weighted by Crippen LogP contribution is 2.32. The summed E-state index contributed by atoms with van der Waals surface area (Å²) in [5.41, 5.74) is 5.67. The van der Waals surface area contributed by atoms with Gasteiger partial charge in [0.1, 0.15) is 12.3 Å². The van der Waals surface area contributed by atoms with E-state index in [1.165, 1.54) is 12.1 Å². The third kappa shape index (κ3) is 5.16. The number of rotatable bonds is 8. The summed E-state index contributed by atoms with van der Waals surface area (Å²) in [4.78, 5) is 26.1. The molecule has 166 valence electrons. The van der Waals surface area contributed by atoms with Crippen molar-refractivity contribution >= 4 is 27.5 Å². The molecule has 9 heteroatoms. The molecule has 1 saturated heterocycles. The molecule has 2 amide bonds. The van der Waals surface area contributed by atoms with Crippen LogP contribution in [0.2, 0.25) is 0 Å². The van der Waals surface area contributed by atoms with Crippen molar-refractivity contribution in [2.45, 2.75) is 24.7 Å². The highest BCUT2D eigenvalue weighted by Gasteiger charge is 2.32. The SMILES string of the molecule is CCOc1ccccc1N(CC(=O)N1CCC(C(N)=O)CC1)S(=O)(=O)c1ccccc1. The topological polar surface area (TPSA) is 110 Å². The number of likely N-dealkylation sites (tertiary alicyclic amines) is 1. The van der Waals surface area contributed by atoms with Gasteiger partial charge in [-0.3, -0.25) is 13.9 Å². The van der Waals surface area contributed by atoms with Crippen molar-refractivity contribution < 1.29 is 22.7 Å². The maximum absolute atomic E-state index is 13.5. The zero-order valence-electron chi connectivity index (χ0n) is 17.4. The Morgan fingerprint density at radius 3 is 2.29 bits per heavy atom. The first-order chi connectivity index (χ1) is 14.8. The van der Waals surface area contributed by atoms with E-state index in [-0.39, 0.29) is 29.2 Å². The lowest BCUT2D eigenvalue weighted by Gasteiger charge is -2.33. The van der Waals surface area contributed by atoms with E-state index in [1.54, 1.807) is 54.3 Å². The van der Waals surface area contributed by atoms with Gasteiger partial charge in [-0.15, -0.1) is 0 Å². The summed E-state index contributed by atoms with van der Waals surface area (Å²) in [7, 11) is -4.02. The van der Waals surface area contributed by atoms with Gasteiger partial charge in [0.2, 0.25) is 11.8 Å². The summed E-state index contributed by atoms with van der Waals surface area (Å²) in [6.07, 6.45) is 0.948. The third-order valence-electron chi connectivity index (χ3n) is 5.29. The molecule has 2 aromatic carbocycles. The average Bonchev–Trinajstić information content (AvgIpc) is 2.78. The zero-order valence-corrected chi connectivity index (χ0v) is 18.3. The van der Waals surface area contributed by atoms with Crippen molar-refractivity contribution in [1.82, 2.24) is 4.90 Å². The van der Waals surface area contributed by atoms with Crippen LogP contribution >= 0.6 is 0 Å². The first kappa shape index (κ1) is 22.6. The Balaban J connectivity index is 1.92. The fourth-order valence-electron chi connectivity index (χ4n) is 3.60. The largest absolute Gasteiger partial charge is 0.492 e. The predicted molar refractivity (Wildman–Crippen MR) is 117 cm³/mol. The minimum Gasteiger partial charge on any atom is -0.492 e. The van der Waals surface area contributed by atoms with E-state index in [1.807, 2.05) is 0 Å². The molecule has 1 aliphatic heterocycles. The van der Waals surface area contributed by atoms with Gasteiger partial charge >= 0.3 is 0 Å². The normalized spacial score (nSPS) is 14.8. The number of benzene rings is 2. The standard InChI is InChI=1S/C22H27N3O5S/c1-2-30-20-11-7-6-10-19(20)25(31(28,29)18-8-4-3-5-9-18)16-21(26)24-14-12-17(13-15-24)22(23)27/h3-11,17H,2,12-16H2,1H3,(H2,23,27). The molecule has 1 aliphatic rings. The van der Waals surface area contributed by atoms with Crippen molar-refractivity contribution in [1.29, 1.82) is 0 Å². The van der Waals surface area contributed by atoms with Crippen LogP contribution in [0.15, 0.2) is 59.5 Å². The second kappa shape index (κ2) is 9.82. The highest BCUT2D eigenvalue weighted by molar-refractivity contribution is 7.92. The molecule has 0 bridgehead atoms. The number of para-hydroxylation sites is 2. The van der Waals surface area contributed by atoms with Gasteiger partial charge in [0.25, 0.3) is 10.0 Å². The van der Waals surface area contributed by atoms with E-state index in [9.17, 15) is 18.0 Å². The first-order valence-electron chi connectivity index (χ1n) is 10.2. The zero-order chi connectivity index (χ0) is 22.4. The predicted octanol–water partition coefficient (Wildman–Crippen LogP) is 2.00. The Kier molecular flexibility index (Phi) is 7.17. The summed E-state index contributed by atoms with van der Waals surface area (Å²) < 4.78 is 33.7. The molecule has 31 heavy (non-hydrogen) atoms. The van der Waals surface area contributed by atoms with Crippen molar-refractivity contribution in [3.63, 3.8) is 0 Å². The van der Waals surface area contributed by atoms with Gasteiger partial charge in [0.15, 0.2) is 0 Å². The number of sulfonamides is 1. The second-order valence-corrected chi connectivity index (χ2v) is 9.15. The van der Waals surface area contributed by atoms with Crippen LogP contribution in [0.3, 0.4) is 0 Å². The summed E-state index contributed by atoms with van der Waals surface area (Å²) >= 11 is 0. The number of ether oxygens (including phenoxy) is 1.